The summed E-state index contributed by atoms with van der Waals surface area (Å²) in [7, 11) is 0. The van der Waals surface area contributed by atoms with Crippen LogP contribution in [0.1, 0.15) is 26.2 Å². The minimum absolute atomic E-state index is 0.0712. The summed E-state index contributed by atoms with van der Waals surface area (Å²) in [4.78, 5) is 16.2. The average Bonchev–Trinajstić information content (AvgIpc) is 2.52. The van der Waals surface area contributed by atoms with E-state index in [4.69, 9.17) is 11.6 Å². The summed E-state index contributed by atoms with van der Waals surface area (Å²) < 4.78 is 0. The van der Waals surface area contributed by atoms with Crippen LogP contribution >= 0.6 is 11.6 Å². The van der Waals surface area contributed by atoms with Crippen molar-refractivity contribution in [1.82, 2.24) is 10.2 Å². The molecule has 1 N–H and O–H groups in total. The second-order valence-electron chi connectivity index (χ2n) is 5.39. The Labute approximate surface area is 132 Å². The lowest BCUT2D eigenvalue weighted by molar-refractivity contribution is 0.194. The van der Waals surface area contributed by atoms with Crippen LogP contribution in [0.3, 0.4) is 0 Å². The molecule has 116 valence electrons. The number of halogens is 1. The molecule has 0 saturated carbocycles. The summed E-state index contributed by atoms with van der Waals surface area (Å²) in [5.74, 6) is 0. The zero-order valence-electron chi connectivity index (χ0n) is 12.6. The predicted molar refractivity (Wildman–Crippen MR) is 88.2 cm³/mol. The second-order valence-corrected chi connectivity index (χ2v) is 5.83. The maximum Gasteiger partial charge on any atom is 0.317 e. The van der Waals surface area contributed by atoms with Gasteiger partial charge in [-0.15, -0.1) is 0 Å². The van der Waals surface area contributed by atoms with Gasteiger partial charge in [0.25, 0.3) is 0 Å². The first-order valence-corrected chi connectivity index (χ1v) is 8.12. The van der Waals surface area contributed by atoms with Crippen molar-refractivity contribution in [2.24, 2.45) is 0 Å². The minimum Gasteiger partial charge on any atom is -0.368 e. The smallest absolute Gasteiger partial charge is 0.317 e. The van der Waals surface area contributed by atoms with Gasteiger partial charge < -0.3 is 15.1 Å². The predicted octanol–water partition coefficient (Wildman–Crippen LogP) is 3.36. The van der Waals surface area contributed by atoms with Gasteiger partial charge in [0.2, 0.25) is 0 Å². The Kier molecular flexibility index (Phi) is 6.18. The van der Waals surface area contributed by atoms with Gasteiger partial charge in [-0.3, -0.25) is 0 Å². The SMILES string of the molecule is CCCCCNC(=O)N1CCN(c2ccc(Cl)cc2)CC1. The van der Waals surface area contributed by atoms with Gasteiger partial charge in [0.1, 0.15) is 0 Å². The van der Waals surface area contributed by atoms with Gasteiger partial charge in [-0.2, -0.15) is 0 Å². The van der Waals surface area contributed by atoms with Gasteiger partial charge >= 0.3 is 6.03 Å². The molecule has 2 rings (SSSR count). The van der Waals surface area contributed by atoms with Crippen LogP contribution in [0.25, 0.3) is 0 Å². The molecule has 1 aliphatic heterocycles. The van der Waals surface area contributed by atoms with E-state index in [0.29, 0.717) is 0 Å². The monoisotopic (exact) mass is 309 g/mol. The van der Waals surface area contributed by atoms with Crippen LogP contribution in [-0.4, -0.2) is 43.7 Å². The second kappa shape index (κ2) is 8.13. The lowest BCUT2D eigenvalue weighted by Gasteiger charge is -2.36. The van der Waals surface area contributed by atoms with E-state index in [1.807, 2.05) is 29.2 Å². The van der Waals surface area contributed by atoms with Gasteiger partial charge in [0.15, 0.2) is 0 Å². The molecule has 21 heavy (non-hydrogen) atoms. The molecule has 0 unspecified atom stereocenters. The number of nitrogens with one attached hydrogen (secondary N) is 1. The van der Waals surface area contributed by atoms with Crippen molar-refractivity contribution in [3.8, 4) is 0 Å². The number of unbranched alkanes of at least 4 members (excludes halogenated alkanes) is 2. The first-order chi connectivity index (χ1) is 10.2. The number of piperazine rings is 1. The van der Waals surface area contributed by atoms with Crippen LogP contribution in [0.15, 0.2) is 24.3 Å². The molecule has 1 aromatic rings. The van der Waals surface area contributed by atoms with Crippen LogP contribution in [0.4, 0.5) is 10.5 Å². The van der Waals surface area contributed by atoms with Crippen molar-refractivity contribution < 1.29 is 4.79 Å². The Balaban J connectivity index is 1.75. The number of carbonyl (C=O) groups excluding carboxylic acids is 1. The van der Waals surface area contributed by atoms with Crippen LogP contribution in [0, 0.1) is 0 Å². The van der Waals surface area contributed by atoms with E-state index in [0.717, 1.165) is 44.2 Å². The number of anilines is 1. The summed E-state index contributed by atoms with van der Waals surface area (Å²) in [6.07, 6.45) is 3.41. The average molecular weight is 310 g/mol. The van der Waals surface area contributed by atoms with Crippen LogP contribution in [0.5, 0.6) is 0 Å². The number of rotatable bonds is 5. The van der Waals surface area contributed by atoms with Gasteiger partial charge in [0, 0.05) is 43.4 Å². The fraction of sp³-hybridized carbons (Fsp3) is 0.562. The van der Waals surface area contributed by atoms with Crippen LogP contribution in [-0.2, 0) is 0 Å². The topological polar surface area (TPSA) is 35.6 Å². The number of benzene rings is 1. The molecule has 0 aliphatic carbocycles. The Hall–Kier alpha value is -1.42. The molecule has 0 radical (unpaired) electrons. The molecule has 1 saturated heterocycles. The third kappa shape index (κ3) is 4.81. The number of hydrogen-bond acceptors (Lipinski definition) is 2. The van der Waals surface area contributed by atoms with E-state index in [9.17, 15) is 4.79 Å². The first kappa shape index (κ1) is 16.0. The number of urea groups is 1. The standard InChI is InChI=1S/C16H24ClN3O/c1-2-3-4-9-18-16(21)20-12-10-19(11-13-20)15-7-5-14(17)6-8-15/h5-8H,2-4,9-13H2,1H3,(H,18,21). The molecule has 0 atom stereocenters. The highest BCUT2D eigenvalue weighted by atomic mass is 35.5. The number of amides is 2. The largest absolute Gasteiger partial charge is 0.368 e. The highest BCUT2D eigenvalue weighted by Gasteiger charge is 2.20. The van der Waals surface area contributed by atoms with Gasteiger partial charge in [-0.25, -0.2) is 4.79 Å². The van der Waals surface area contributed by atoms with Crippen molar-refractivity contribution >= 4 is 23.3 Å². The summed E-state index contributed by atoms with van der Waals surface area (Å²) in [5.41, 5.74) is 1.17. The first-order valence-electron chi connectivity index (χ1n) is 7.74. The molecule has 1 heterocycles. The molecule has 0 aromatic heterocycles. The highest BCUT2D eigenvalue weighted by Crippen LogP contribution is 2.19. The molecule has 0 spiro atoms. The van der Waals surface area contributed by atoms with Gasteiger partial charge in [0.05, 0.1) is 0 Å². The third-order valence-corrected chi connectivity index (χ3v) is 4.07. The number of hydrogen-bond donors (Lipinski definition) is 1. The molecule has 2 amide bonds. The molecule has 1 aliphatic rings. The molecule has 4 nitrogen and oxygen atoms in total. The van der Waals surface area contributed by atoms with E-state index in [2.05, 4.69) is 17.1 Å². The third-order valence-electron chi connectivity index (χ3n) is 3.82. The van der Waals surface area contributed by atoms with E-state index in [1.54, 1.807) is 0 Å². The maximum atomic E-state index is 12.0. The summed E-state index contributed by atoms with van der Waals surface area (Å²) in [5, 5.41) is 3.75. The van der Waals surface area contributed by atoms with Crippen molar-refractivity contribution in [3.63, 3.8) is 0 Å². The molecular formula is C16H24ClN3O. The van der Waals surface area contributed by atoms with Crippen molar-refractivity contribution in [2.45, 2.75) is 26.2 Å². The van der Waals surface area contributed by atoms with E-state index >= 15 is 0 Å². The molecular weight excluding hydrogens is 286 g/mol. The fourth-order valence-corrected chi connectivity index (χ4v) is 2.63. The molecule has 5 heteroatoms. The van der Waals surface area contributed by atoms with E-state index < -0.39 is 0 Å². The fourth-order valence-electron chi connectivity index (χ4n) is 2.50. The summed E-state index contributed by atoms with van der Waals surface area (Å²) >= 11 is 5.91. The Morgan fingerprint density at radius 1 is 1.14 bits per heavy atom. The lowest BCUT2D eigenvalue weighted by atomic mass is 10.2. The zero-order chi connectivity index (χ0) is 15.1. The normalized spacial score (nSPS) is 15.1. The van der Waals surface area contributed by atoms with Gasteiger partial charge in [-0.05, 0) is 30.7 Å². The summed E-state index contributed by atoms with van der Waals surface area (Å²) in [6.45, 7) is 6.21. The van der Waals surface area contributed by atoms with Crippen molar-refractivity contribution in [2.75, 3.05) is 37.6 Å². The van der Waals surface area contributed by atoms with Crippen molar-refractivity contribution in [3.05, 3.63) is 29.3 Å². The minimum atomic E-state index is 0.0712. The quantitative estimate of drug-likeness (QED) is 0.847. The number of carbonyl (C=O) groups is 1. The summed E-state index contributed by atoms with van der Waals surface area (Å²) in [6, 6.07) is 7.95. The zero-order valence-corrected chi connectivity index (χ0v) is 13.4. The van der Waals surface area contributed by atoms with Crippen molar-refractivity contribution in [1.29, 1.82) is 0 Å². The Morgan fingerprint density at radius 3 is 2.43 bits per heavy atom. The van der Waals surface area contributed by atoms with Gasteiger partial charge in [-0.1, -0.05) is 31.4 Å². The van der Waals surface area contributed by atoms with Crippen LogP contribution in [0.2, 0.25) is 5.02 Å². The Morgan fingerprint density at radius 2 is 1.81 bits per heavy atom. The Bertz CT molecular complexity index is 441. The number of nitrogens with zero attached hydrogens (tertiary/aromatic N) is 2. The lowest BCUT2D eigenvalue weighted by Crippen LogP contribution is -2.52. The molecule has 1 fully saturated rings. The highest BCUT2D eigenvalue weighted by molar-refractivity contribution is 6.30. The maximum absolute atomic E-state index is 12.0. The van der Waals surface area contributed by atoms with Crippen LogP contribution < -0.4 is 10.2 Å². The van der Waals surface area contributed by atoms with E-state index in [1.165, 1.54) is 18.5 Å². The molecule has 1 aromatic carbocycles. The van der Waals surface area contributed by atoms with E-state index in [-0.39, 0.29) is 6.03 Å². The molecule has 0 bridgehead atoms.